The molecule has 6 atom stereocenters. The van der Waals surface area contributed by atoms with E-state index < -0.39 is 27.4 Å². The Kier molecular flexibility index (Phi) is 32.1. The molecule has 552 valence electrons. The molecule has 1 heterocycles. The van der Waals surface area contributed by atoms with Crippen LogP contribution in [0.4, 0.5) is 53.0 Å². The molecule has 0 saturated carbocycles. The Labute approximate surface area is 610 Å². The number of carbonyl (C=O) groups is 5. The number of nitrogens with one attached hydrogen (secondary N) is 7. The second-order valence-electron chi connectivity index (χ2n) is 25.0. The molecule has 10 aromatic rings. The largest absolute Gasteiger partial charge is 0.397 e. The minimum atomic E-state index is -0.885. The molecule has 1 aromatic heterocycles. The number of halogens is 3. The van der Waals surface area contributed by atoms with Crippen LogP contribution in [0.5, 0.6) is 0 Å². The Morgan fingerprint density at radius 2 is 0.790 bits per heavy atom. The normalized spacial score (nSPS) is 12.1. The first-order valence-electron chi connectivity index (χ1n) is 33.5. The lowest BCUT2D eigenvalue weighted by Crippen LogP contribution is -2.23. The van der Waals surface area contributed by atoms with Crippen LogP contribution in [0.15, 0.2) is 200 Å². The molecule has 0 aliphatic carbocycles. The Morgan fingerprint density at radius 3 is 1.21 bits per heavy atom. The summed E-state index contributed by atoms with van der Waals surface area (Å²) in [7, 11) is 0. The SMILES string of the molecule is CC(=O)NC(C)c1ccc(F)c([N+](=O)[O-])c1.CC(=O)NC(C)c1ccc(F)cc1.CC(=O)NC(C)c1ccc(Nc2cccc(C)c2)c(N)c1.CC(=O)NC(C)c1ccc(Nc2cccc(C)c2)c([N+](=O)[O-])c1.CC(=O)NC(C)c1ccc2c(c1)ncn2-c1cccc(C)c1.CC(N)c1ccc(F)cc1. The lowest BCUT2D eigenvalue weighted by atomic mass is 10.1. The van der Waals surface area contributed by atoms with Gasteiger partial charge in [-0.25, -0.2) is 13.8 Å². The Bertz CT molecular complexity index is 4610. The molecular formula is C80H92F3N13O9. The summed E-state index contributed by atoms with van der Waals surface area (Å²) in [4.78, 5) is 80.0. The first-order valence-corrected chi connectivity index (χ1v) is 33.5. The van der Waals surface area contributed by atoms with Crippen molar-refractivity contribution in [2.75, 3.05) is 16.4 Å². The molecule has 0 saturated heterocycles. The number of imidazole rings is 1. The van der Waals surface area contributed by atoms with Crippen LogP contribution in [0.25, 0.3) is 16.7 Å². The average molecular weight is 1440 g/mol. The summed E-state index contributed by atoms with van der Waals surface area (Å²) in [5.41, 5.74) is 26.4. The smallest absolute Gasteiger partial charge is 0.305 e. The van der Waals surface area contributed by atoms with Crippen LogP contribution in [0.3, 0.4) is 0 Å². The van der Waals surface area contributed by atoms with Crippen molar-refractivity contribution in [3.05, 3.63) is 288 Å². The van der Waals surface area contributed by atoms with Crippen molar-refractivity contribution in [2.24, 2.45) is 5.73 Å². The van der Waals surface area contributed by atoms with Crippen LogP contribution < -0.4 is 48.7 Å². The molecule has 0 bridgehead atoms. The number of nitrogens with zero attached hydrogens (tertiary/aromatic N) is 4. The number of fused-ring (bicyclic) bond motifs is 1. The zero-order chi connectivity index (χ0) is 77.8. The molecule has 0 spiro atoms. The maximum atomic E-state index is 13.0. The van der Waals surface area contributed by atoms with Gasteiger partial charge in [-0.05, 0) is 209 Å². The second-order valence-corrected chi connectivity index (χ2v) is 25.0. The van der Waals surface area contributed by atoms with Crippen LogP contribution in [-0.4, -0.2) is 48.9 Å². The molecule has 25 heteroatoms. The molecule has 11 N–H and O–H groups in total. The third-order valence-corrected chi connectivity index (χ3v) is 15.8. The maximum Gasteiger partial charge on any atom is 0.305 e. The molecule has 5 amide bonds. The third kappa shape index (κ3) is 27.9. The minimum Gasteiger partial charge on any atom is -0.397 e. The second kappa shape index (κ2) is 40.4. The molecular weight excluding hydrogens is 1340 g/mol. The maximum absolute atomic E-state index is 13.0. The molecule has 10 rings (SSSR count). The summed E-state index contributed by atoms with van der Waals surface area (Å²) in [5, 5.41) is 42.0. The average Bonchev–Trinajstić information content (AvgIpc) is 1.67. The highest BCUT2D eigenvalue weighted by Crippen LogP contribution is 2.32. The van der Waals surface area contributed by atoms with Crippen molar-refractivity contribution in [2.45, 2.75) is 133 Å². The van der Waals surface area contributed by atoms with Gasteiger partial charge in [0.25, 0.3) is 5.69 Å². The van der Waals surface area contributed by atoms with Crippen molar-refractivity contribution < 1.29 is 47.0 Å². The van der Waals surface area contributed by atoms with E-state index in [1.54, 1.807) is 50.2 Å². The molecule has 6 unspecified atom stereocenters. The van der Waals surface area contributed by atoms with Gasteiger partial charge in [0.15, 0.2) is 0 Å². The molecule has 22 nitrogen and oxygen atoms in total. The van der Waals surface area contributed by atoms with Crippen LogP contribution in [0, 0.1) is 58.5 Å². The highest BCUT2D eigenvalue weighted by atomic mass is 19.1. The number of hydrogen-bond acceptors (Lipinski definition) is 14. The van der Waals surface area contributed by atoms with Gasteiger partial charge in [-0.15, -0.1) is 0 Å². The number of anilines is 5. The fourth-order valence-electron chi connectivity index (χ4n) is 10.5. The minimum absolute atomic E-state index is 0.0133. The number of benzene rings is 9. The summed E-state index contributed by atoms with van der Waals surface area (Å²) in [6.07, 6.45) is 1.84. The van der Waals surface area contributed by atoms with Crippen LogP contribution in [-0.2, 0) is 24.0 Å². The lowest BCUT2D eigenvalue weighted by molar-refractivity contribution is -0.387. The van der Waals surface area contributed by atoms with Gasteiger partial charge in [-0.2, -0.15) is 4.39 Å². The fourth-order valence-corrected chi connectivity index (χ4v) is 10.5. The van der Waals surface area contributed by atoms with Gasteiger partial charge in [0.2, 0.25) is 35.4 Å². The topological polar surface area (TPSA) is 326 Å². The van der Waals surface area contributed by atoms with Gasteiger partial charge >= 0.3 is 5.69 Å². The highest BCUT2D eigenvalue weighted by Gasteiger charge is 2.20. The van der Waals surface area contributed by atoms with E-state index in [0.717, 1.165) is 73.7 Å². The zero-order valence-corrected chi connectivity index (χ0v) is 61.3. The molecule has 0 fully saturated rings. The number of rotatable bonds is 18. The number of hydrogen-bond donors (Lipinski definition) is 9. The molecule has 9 aromatic carbocycles. The van der Waals surface area contributed by atoms with E-state index in [9.17, 15) is 57.4 Å². The van der Waals surface area contributed by atoms with Crippen LogP contribution >= 0.6 is 0 Å². The summed E-state index contributed by atoms with van der Waals surface area (Å²) < 4.78 is 39.9. The summed E-state index contributed by atoms with van der Waals surface area (Å²) in [6.45, 7) is 24.4. The number of amides is 5. The van der Waals surface area contributed by atoms with Gasteiger partial charge < -0.3 is 48.7 Å². The van der Waals surface area contributed by atoms with Gasteiger partial charge in [-0.1, -0.05) is 84.9 Å². The first-order chi connectivity index (χ1) is 49.6. The zero-order valence-electron chi connectivity index (χ0n) is 61.3. The number of nitrogen functional groups attached to an aromatic ring is 1. The number of aromatic nitrogens is 2. The number of nitro groups is 2. The molecule has 0 radical (unpaired) electrons. The standard InChI is InChI=1S/C18H19N3O.C17H19N3O3.C17H21N3O.C10H11FN2O3.C10H12FNO.C8H10FN/c1-12-5-4-6-16(9-12)21-11-19-17-10-15(7-8-18(17)21)13(2)20-14(3)22;1-11-5-4-6-15(9-11)19-16-8-7-14(10-17(16)20(22)23)12(2)18-13(3)21;1-11-5-4-6-15(9-11)20-17-8-7-14(10-16(17)18)12(2)19-13(3)21;1-6(12-7(2)14)8-3-4-9(11)10(5-8)13(15)16;1-7(12-8(2)13)9-3-5-10(11)6-4-9;1-6(10)7-2-4-8(9)5-3-7/h4-11,13H,1-3H3,(H,20,22);4-10,12,19H,1-3H3,(H,18,21);4-10,12,20H,18H2,1-3H3,(H,19,21);3-6H,1-2H3,(H,12,14);3-7H,1-2H3,(H,12,13);2-6H,10H2,1H3. The molecule has 0 aliphatic rings. The van der Waals surface area contributed by atoms with Gasteiger partial charge in [0, 0.05) is 69.9 Å². The van der Waals surface area contributed by atoms with Crippen molar-refractivity contribution in [1.29, 1.82) is 0 Å². The lowest BCUT2D eigenvalue weighted by Gasteiger charge is -2.16. The molecule has 0 aliphatic heterocycles. The highest BCUT2D eigenvalue weighted by molar-refractivity contribution is 5.80. The van der Waals surface area contributed by atoms with E-state index in [0.29, 0.717) is 22.5 Å². The summed E-state index contributed by atoms with van der Waals surface area (Å²) >= 11 is 0. The number of nitrogens with two attached hydrogens (primary N) is 2. The van der Waals surface area contributed by atoms with E-state index >= 15 is 0 Å². The van der Waals surface area contributed by atoms with E-state index in [2.05, 4.69) is 84.0 Å². The van der Waals surface area contributed by atoms with Crippen molar-refractivity contribution in [1.82, 2.24) is 36.1 Å². The summed E-state index contributed by atoms with van der Waals surface area (Å²) in [5.74, 6) is -1.97. The van der Waals surface area contributed by atoms with Gasteiger partial charge in [0.05, 0.1) is 62.5 Å². The third-order valence-electron chi connectivity index (χ3n) is 15.8. The van der Waals surface area contributed by atoms with E-state index in [1.807, 2.05) is 127 Å². The Morgan fingerprint density at radius 1 is 0.429 bits per heavy atom. The van der Waals surface area contributed by atoms with E-state index in [1.165, 1.54) is 82.1 Å². The molecule has 105 heavy (non-hydrogen) atoms. The Hall–Kier alpha value is -12.3. The van der Waals surface area contributed by atoms with E-state index in [4.69, 9.17) is 11.5 Å². The monoisotopic (exact) mass is 1440 g/mol. The predicted octanol–water partition coefficient (Wildman–Crippen LogP) is 16.7. The number of nitro benzene ring substituents is 2. The van der Waals surface area contributed by atoms with Crippen molar-refractivity contribution >= 4 is 80.4 Å². The Balaban J connectivity index is 0.000000231. The van der Waals surface area contributed by atoms with Crippen molar-refractivity contribution in [3.63, 3.8) is 0 Å². The van der Waals surface area contributed by atoms with Gasteiger partial charge in [0.1, 0.15) is 23.6 Å². The quantitative estimate of drug-likeness (QED) is 0.0219. The van der Waals surface area contributed by atoms with E-state index in [-0.39, 0.29) is 77.1 Å². The summed E-state index contributed by atoms with van der Waals surface area (Å²) in [6, 6.07) is 55.9. The number of aryl methyl sites for hydroxylation is 3. The van der Waals surface area contributed by atoms with Crippen LogP contribution in [0.1, 0.15) is 162 Å². The van der Waals surface area contributed by atoms with Crippen molar-refractivity contribution in [3.8, 4) is 5.69 Å². The predicted molar refractivity (Wildman–Crippen MR) is 408 cm³/mol. The van der Waals surface area contributed by atoms with Crippen LogP contribution in [0.2, 0.25) is 0 Å². The first kappa shape index (κ1) is 83.4. The fraction of sp³-hybridized carbons (Fsp3) is 0.250. The van der Waals surface area contributed by atoms with Gasteiger partial charge in [-0.3, -0.25) is 48.8 Å². The number of carbonyl (C=O) groups excluding carboxylic acids is 5.